The van der Waals surface area contributed by atoms with E-state index in [0.717, 1.165) is 32.3 Å². The number of halogens is 1. The molecule has 3 rings (SSSR count). The topological polar surface area (TPSA) is 47.9 Å². The Bertz CT molecular complexity index is 877. The number of para-hydroxylation sites is 1. The monoisotopic (exact) mass is 369 g/mol. The van der Waals surface area contributed by atoms with Crippen LogP contribution in [0.3, 0.4) is 0 Å². The molecule has 116 valence electrons. The summed E-state index contributed by atoms with van der Waals surface area (Å²) < 4.78 is 6.28. The van der Waals surface area contributed by atoms with Crippen molar-refractivity contribution in [1.82, 2.24) is 15.0 Å². The summed E-state index contributed by atoms with van der Waals surface area (Å²) in [5.41, 5.74) is 3.79. The van der Waals surface area contributed by atoms with Crippen molar-refractivity contribution >= 4 is 39.0 Å². The second kappa shape index (κ2) is 6.98. The molecule has 0 amide bonds. The summed E-state index contributed by atoms with van der Waals surface area (Å²) in [6.07, 6.45) is 5.54. The molecule has 5 heteroatoms. The van der Waals surface area contributed by atoms with Gasteiger partial charge in [-0.3, -0.25) is 0 Å². The second-order valence-electron chi connectivity index (χ2n) is 5.13. The molecule has 0 saturated heterocycles. The molecule has 0 aliphatic carbocycles. The average Bonchev–Trinajstić information content (AvgIpc) is 2.56. The zero-order valence-corrected chi connectivity index (χ0v) is 14.5. The van der Waals surface area contributed by atoms with Crippen LogP contribution in [-0.4, -0.2) is 22.1 Å². The van der Waals surface area contributed by atoms with E-state index in [1.807, 2.05) is 43.3 Å². The summed E-state index contributed by atoms with van der Waals surface area (Å²) in [5.74, 6) is 0.667. The smallest absolute Gasteiger partial charge is 0.152 e. The van der Waals surface area contributed by atoms with Crippen molar-refractivity contribution in [2.75, 3.05) is 7.11 Å². The van der Waals surface area contributed by atoms with Crippen LogP contribution < -0.4 is 0 Å². The summed E-state index contributed by atoms with van der Waals surface area (Å²) in [5, 5.41) is 1.09. The minimum absolute atomic E-state index is 0.519. The molecule has 0 saturated carbocycles. The molecule has 0 unspecified atom stereocenters. The number of aromatic nitrogens is 3. The predicted molar refractivity (Wildman–Crippen MR) is 95.9 cm³/mol. The van der Waals surface area contributed by atoms with Gasteiger partial charge in [-0.05, 0) is 47.1 Å². The van der Waals surface area contributed by atoms with Crippen LogP contribution in [0.15, 0.2) is 41.0 Å². The van der Waals surface area contributed by atoms with E-state index in [9.17, 15) is 0 Å². The van der Waals surface area contributed by atoms with E-state index in [-0.39, 0.29) is 0 Å². The first kappa shape index (κ1) is 15.8. The predicted octanol–water partition coefficient (Wildman–Crippen LogP) is 4.41. The maximum absolute atomic E-state index is 5.34. The molecule has 3 aromatic rings. The minimum atomic E-state index is 0.519. The molecule has 0 N–H and O–H groups in total. The van der Waals surface area contributed by atoms with Crippen LogP contribution in [0.25, 0.3) is 23.1 Å². The van der Waals surface area contributed by atoms with E-state index in [1.165, 1.54) is 0 Å². The Morgan fingerprint density at radius 2 is 1.96 bits per heavy atom. The SMILES string of the molecule is COCc1c(Br)c(C=Cc2nccc(C)n2)nc2ccccc12. The Hall–Kier alpha value is -2.11. The van der Waals surface area contributed by atoms with Gasteiger partial charge >= 0.3 is 0 Å². The van der Waals surface area contributed by atoms with Gasteiger partial charge in [0.1, 0.15) is 0 Å². The molecular formula is C18H16BrN3O. The van der Waals surface area contributed by atoms with Gasteiger partial charge in [0.2, 0.25) is 0 Å². The van der Waals surface area contributed by atoms with E-state index < -0.39 is 0 Å². The van der Waals surface area contributed by atoms with Crippen molar-refractivity contribution in [3.05, 3.63) is 63.8 Å². The molecule has 2 aromatic heterocycles. The first-order chi connectivity index (χ1) is 11.2. The van der Waals surface area contributed by atoms with Crippen molar-refractivity contribution in [3.8, 4) is 0 Å². The van der Waals surface area contributed by atoms with E-state index >= 15 is 0 Å². The maximum Gasteiger partial charge on any atom is 0.152 e. The van der Waals surface area contributed by atoms with Crippen LogP contribution in [0, 0.1) is 6.92 Å². The Morgan fingerprint density at radius 3 is 2.74 bits per heavy atom. The Labute approximate surface area is 143 Å². The molecule has 0 radical (unpaired) electrons. The first-order valence-corrected chi connectivity index (χ1v) is 8.02. The lowest BCUT2D eigenvalue weighted by Crippen LogP contribution is -1.97. The van der Waals surface area contributed by atoms with Gasteiger partial charge in [-0.15, -0.1) is 0 Å². The number of methoxy groups -OCH3 is 1. The van der Waals surface area contributed by atoms with Gasteiger partial charge in [-0.1, -0.05) is 18.2 Å². The van der Waals surface area contributed by atoms with Gasteiger partial charge < -0.3 is 4.74 Å². The normalized spacial score (nSPS) is 11.4. The number of hydrogen-bond donors (Lipinski definition) is 0. The summed E-state index contributed by atoms with van der Waals surface area (Å²) >= 11 is 3.66. The lowest BCUT2D eigenvalue weighted by molar-refractivity contribution is 0.185. The number of rotatable bonds is 4. The third kappa shape index (κ3) is 3.46. The molecule has 2 heterocycles. The number of benzene rings is 1. The molecule has 0 fully saturated rings. The third-order valence-corrected chi connectivity index (χ3v) is 4.34. The highest BCUT2D eigenvalue weighted by atomic mass is 79.9. The number of fused-ring (bicyclic) bond motifs is 1. The molecule has 0 atom stereocenters. The van der Waals surface area contributed by atoms with Gasteiger partial charge in [0.05, 0.1) is 17.8 Å². The molecular weight excluding hydrogens is 354 g/mol. The van der Waals surface area contributed by atoms with Gasteiger partial charge in [-0.2, -0.15) is 0 Å². The van der Waals surface area contributed by atoms with Gasteiger partial charge in [0.15, 0.2) is 5.82 Å². The summed E-state index contributed by atoms with van der Waals surface area (Å²) in [6, 6.07) is 9.92. The number of pyridine rings is 1. The van der Waals surface area contributed by atoms with Gasteiger partial charge in [-0.25, -0.2) is 15.0 Å². The average molecular weight is 370 g/mol. The fourth-order valence-corrected chi connectivity index (χ4v) is 2.92. The molecule has 0 aliphatic heterocycles. The Balaban J connectivity index is 2.08. The van der Waals surface area contributed by atoms with Crippen LogP contribution in [0.5, 0.6) is 0 Å². The van der Waals surface area contributed by atoms with Crippen LogP contribution in [0.2, 0.25) is 0 Å². The highest BCUT2D eigenvalue weighted by Gasteiger charge is 2.11. The summed E-state index contributed by atoms with van der Waals surface area (Å²) in [7, 11) is 1.69. The fraction of sp³-hybridized carbons (Fsp3) is 0.167. The van der Waals surface area contributed by atoms with E-state index in [0.29, 0.717) is 12.4 Å². The van der Waals surface area contributed by atoms with Crippen molar-refractivity contribution in [3.63, 3.8) is 0 Å². The lowest BCUT2D eigenvalue weighted by atomic mass is 10.1. The van der Waals surface area contributed by atoms with Crippen molar-refractivity contribution in [2.24, 2.45) is 0 Å². The summed E-state index contributed by atoms with van der Waals surface area (Å²) in [4.78, 5) is 13.3. The molecule has 4 nitrogen and oxygen atoms in total. The van der Waals surface area contributed by atoms with Crippen LogP contribution in [0.1, 0.15) is 22.8 Å². The Morgan fingerprint density at radius 1 is 1.13 bits per heavy atom. The largest absolute Gasteiger partial charge is 0.380 e. The lowest BCUT2D eigenvalue weighted by Gasteiger charge is -2.10. The van der Waals surface area contributed by atoms with Crippen molar-refractivity contribution in [2.45, 2.75) is 13.5 Å². The highest BCUT2D eigenvalue weighted by Crippen LogP contribution is 2.29. The number of ether oxygens (including phenoxy) is 1. The van der Waals surface area contributed by atoms with Crippen molar-refractivity contribution in [1.29, 1.82) is 0 Å². The summed E-state index contributed by atoms with van der Waals surface area (Å²) in [6.45, 7) is 2.46. The standard InChI is InChI=1S/C18H16BrN3O/c1-12-9-10-20-17(21-12)8-7-16-18(19)14(11-23-2)13-5-3-4-6-15(13)22-16/h3-10H,11H2,1-2H3. The molecule has 23 heavy (non-hydrogen) atoms. The van der Waals surface area contributed by atoms with E-state index in [2.05, 4.69) is 32.0 Å². The zero-order chi connectivity index (χ0) is 16.2. The minimum Gasteiger partial charge on any atom is -0.380 e. The second-order valence-corrected chi connectivity index (χ2v) is 5.92. The molecule has 1 aromatic carbocycles. The third-order valence-electron chi connectivity index (χ3n) is 3.45. The number of nitrogens with zero attached hydrogens (tertiary/aromatic N) is 3. The maximum atomic E-state index is 5.34. The fourth-order valence-electron chi connectivity index (χ4n) is 2.38. The van der Waals surface area contributed by atoms with Crippen LogP contribution >= 0.6 is 15.9 Å². The molecule has 0 bridgehead atoms. The van der Waals surface area contributed by atoms with Crippen molar-refractivity contribution < 1.29 is 4.74 Å². The van der Waals surface area contributed by atoms with E-state index in [1.54, 1.807) is 13.3 Å². The first-order valence-electron chi connectivity index (χ1n) is 7.23. The molecule has 0 spiro atoms. The van der Waals surface area contributed by atoms with Gasteiger partial charge in [0, 0.05) is 34.4 Å². The quantitative estimate of drug-likeness (QED) is 0.683. The Kier molecular flexibility index (Phi) is 4.79. The van der Waals surface area contributed by atoms with Crippen LogP contribution in [0.4, 0.5) is 0 Å². The van der Waals surface area contributed by atoms with Gasteiger partial charge in [0.25, 0.3) is 0 Å². The highest BCUT2D eigenvalue weighted by molar-refractivity contribution is 9.10. The number of hydrogen-bond acceptors (Lipinski definition) is 4. The zero-order valence-electron chi connectivity index (χ0n) is 13.0. The number of aryl methyl sites for hydroxylation is 1. The van der Waals surface area contributed by atoms with Crippen LogP contribution in [-0.2, 0) is 11.3 Å². The van der Waals surface area contributed by atoms with E-state index in [4.69, 9.17) is 9.72 Å². The molecule has 0 aliphatic rings.